The molecule has 3 aromatic carbocycles. The lowest BCUT2D eigenvalue weighted by Gasteiger charge is -2.37. The average Bonchev–Trinajstić information content (AvgIpc) is 3.49. The van der Waals surface area contributed by atoms with Crippen LogP contribution in [-0.4, -0.2) is 81.1 Å². The second-order valence-corrected chi connectivity index (χ2v) is 14.5. The standard InChI is InChI=1S/C31H27BrF9N3O4S/c32-23-14-20(8-9-26(23)35)49(46,47)27-16-44(28(45)43-12-10-42-11-13-43)15-21(27)18-4-6-19(7-5-18)29(30(36,37)38,31(39,40)41)48-17-22-24(33)2-1-3-25(22)34/h1-9,14,21,27,42H,10-13,15-17H2/t21-,27+/m0/s1. The number of nitrogens with zero attached hydrogens (tertiary/aromatic N) is 2. The molecule has 266 valence electrons. The van der Waals surface area contributed by atoms with Gasteiger partial charge in [0.05, 0.1) is 21.2 Å². The molecule has 2 amide bonds. The highest BCUT2D eigenvalue weighted by atomic mass is 79.9. The summed E-state index contributed by atoms with van der Waals surface area (Å²) < 4.78 is 161. The molecule has 7 nitrogen and oxygen atoms in total. The normalized spacial score (nSPS) is 19.4. The maximum Gasteiger partial charge on any atom is 0.430 e. The lowest BCUT2D eigenvalue weighted by molar-refractivity contribution is -0.392. The van der Waals surface area contributed by atoms with Crippen LogP contribution in [-0.2, 0) is 26.8 Å². The molecule has 18 heteroatoms. The minimum Gasteiger partial charge on any atom is -0.349 e. The molecule has 3 aromatic rings. The van der Waals surface area contributed by atoms with Crippen LogP contribution in [0.3, 0.4) is 0 Å². The fourth-order valence-electron chi connectivity index (χ4n) is 6.00. The van der Waals surface area contributed by atoms with Gasteiger partial charge in [-0.05, 0) is 51.8 Å². The molecule has 0 aromatic heterocycles. The lowest BCUT2D eigenvalue weighted by Crippen LogP contribution is -2.55. The Kier molecular flexibility index (Phi) is 10.4. The number of sulfone groups is 1. The van der Waals surface area contributed by atoms with Gasteiger partial charge < -0.3 is 19.9 Å². The summed E-state index contributed by atoms with van der Waals surface area (Å²) in [4.78, 5) is 15.8. The van der Waals surface area contributed by atoms with Gasteiger partial charge in [-0.15, -0.1) is 0 Å². The van der Waals surface area contributed by atoms with E-state index in [1.165, 1.54) is 9.80 Å². The number of nitrogens with one attached hydrogen (secondary N) is 1. The zero-order chi connectivity index (χ0) is 35.9. The highest BCUT2D eigenvalue weighted by Gasteiger charge is 2.73. The van der Waals surface area contributed by atoms with Gasteiger partial charge in [0, 0.05) is 56.3 Å². The molecule has 2 saturated heterocycles. The first-order chi connectivity index (χ1) is 22.9. The molecule has 1 N–H and O–H groups in total. The minimum absolute atomic E-state index is 0.0208. The number of benzene rings is 3. The van der Waals surface area contributed by atoms with Gasteiger partial charge in [0.25, 0.3) is 5.60 Å². The van der Waals surface area contributed by atoms with Crippen LogP contribution in [0, 0.1) is 17.5 Å². The molecule has 0 radical (unpaired) electrons. The van der Waals surface area contributed by atoms with Crippen molar-refractivity contribution in [1.29, 1.82) is 0 Å². The second kappa shape index (κ2) is 13.8. The molecular weight excluding hydrogens is 761 g/mol. The monoisotopic (exact) mass is 787 g/mol. The Bertz CT molecular complexity index is 1770. The zero-order valence-corrected chi connectivity index (χ0v) is 27.5. The van der Waals surface area contributed by atoms with Crippen molar-refractivity contribution in [3.8, 4) is 0 Å². The fraction of sp³-hybridized carbons (Fsp3) is 0.387. The van der Waals surface area contributed by atoms with Crippen molar-refractivity contribution in [3.63, 3.8) is 0 Å². The number of carbonyl (C=O) groups excluding carboxylic acids is 1. The largest absolute Gasteiger partial charge is 0.430 e. The van der Waals surface area contributed by atoms with Gasteiger partial charge in [0.1, 0.15) is 17.5 Å². The van der Waals surface area contributed by atoms with Crippen LogP contribution in [0.4, 0.5) is 44.3 Å². The van der Waals surface area contributed by atoms with Crippen LogP contribution in [0.1, 0.15) is 22.6 Å². The molecule has 0 bridgehead atoms. The summed E-state index contributed by atoms with van der Waals surface area (Å²) >= 11 is 2.93. The molecule has 5 rings (SSSR count). The molecule has 2 heterocycles. The van der Waals surface area contributed by atoms with Gasteiger partial charge in [-0.2, -0.15) is 26.3 Å². The third kappa shape index (κ3) is 7.01. The molecular formula is C31H27BrF9N3O4S. The Balaban J connectivity index is 1.55. The zero-order valence-electron chi connectivity index (χ0n) is 25.1. The van der Waals surface area contributed by atoms with Gasteiger partial charge in [-0.3, -0.25) is 0 Å². The van der Waals surface area contributed by atoms with E-state index in [0.717, 1.165) is 36.4 Å². The Morgan fingerprint density at radius 2 is 1.43 bits per heavy atom. The third-order valence-electron chi connectivity index (χ3n) is 8.58. The number of piperazine rings is 1. The Labute approximate surface area is 283 Å². The van der Waals surface area contributed by atoms with E-state index >= 15 is 0 Å². The number of ether oxygens (including phenoxy) is 1. The van der Waals surface area contributed by atoms with E-state index in [1.54, 1.807) is 0 Å². The second-order valence-electron chi connectivity index (χ2n) is 11.5. The molecule has 0 aliphatic carbocycles. The number of likely N-dealkylation sites (tertiary alicyclic amines) is 1. The molecule has 0 unspecified atom stereocenters. The number of halogens is 10. The molecule has 2 aliphatic rings. The summed E-state index contributed by atoms with van der Waals surface area (Å²) in [7, 11) is -4.38. The summed E-state index contributed by atoms with van der Waals surface area (Å²) in [6, 6.07) is 7.21. The number of rotatable bonds is 7. The Morgan fingerprint density at radius 3 is 1.98 bits per heavy atom. The van der Waals surface area contributed by atoms with E-state index in [4.69, 9.17) is 0 Å². The van der Waals surface area contributed by atoms with E-state index in [2.05, 4.69) is 26.0 Å². The van der Waals surface area contributed by atoms with Crippen LogP contribution in [0.15, 0.2) is 70.0 Å². The van der Waals surface area contributed by atoms with Crippen molar-refractivity contribution in [3.05, 3.63) is 99.3 Å². The quantitative estimate of drug-likeness (QED) is 0.214. The van der Waals surface area contributed by atoms with Crippen molar-refractivity contribution in [2.24, 2.45) is 0 Å². The van der Waals surface area contributed by atoms with Gasteiger partial charge >= 0.3 is 18.4 Å². The third-order valence-corrected chi connectivity index (χ3v) is 11.4. The highest BCUT2D eigenvalue weighted by molar-refractivity contribution is 9.10. The molecule has 0 saturated carbocycles. The van der Waals surface area contributed by atoms with Gasteiger partial charge in [-0.1, -0.05) is 30.3 Å². The SMILES string of the molecule is O=C(N1CCNCC1)N1C[C@@H](S(=O)(=O)c2ccc(F)c(Br)c2)[C@H](c2ccc(C(OCc3c(F)cccc3F)(C(F)(F)F)C(F)(F)F)cc2)C1. The van der Waals surface area contributed by atoms with Gasteiger partial charge in [0.15, 0.2) is 9.84 Å². The average molecular weight is 789 g/mol. The highest BCUT2D eigenvalue weighted by Crippen LogP contribution is 2.53. The van der Waals surface area contributed by atoms with Gasteiger partial charge in [0.2, 0.25) is 0 Å². The van der Waals surface area contributed by atoms with E-state index in [0.29, 0.717) is 50.4 Å². The maximum absolute atomic E-state index is 14.5. The van der Waals surface area contributed by atoms with Crippen LogP contribution in [0.5, 0.6) is 0 Å². The van der Waals surface area contributed by atoms with Crippen LogP contribution >= 0.6 is 15.9 Å². The number of amides is 2. The maximum atomic E-state index is 14.5. The first-order valence-corrected chi connectivity index (χ1v) is 17.0. The van der Waals surface area contributed by atoms with Crippen molar-refractivity contribution in [1.82, 2.24) is 15.1 Å². The first kappa shape index (κ1) is 36.9. The predicted octanol–water partition coefficient (Wildman–Crippen LogP) is 6.67. The summed E-state index contributed by atoms with van der Waals surface area (Å²) in [5.74, 6) is -4.74. The Hall–Kier alpha value is -3.35. The predicted molar refractivity (Wildman–Crippen MR) is 161 cm³/mol. The topological polar surface area (TPSA) is 79.0 Å². The van der Waals surface area contributed by atoms with E-state index in [9.17, 15) is 52.7 Å². The molecule has 2 atom stereocenters. The lowest BCUT2D eigenvalue weighted by atomic mass is 9.88. The summed E-state index contributed by atoms with van der Waals surface area (Å²) in [5.41, 5.74) is -7.70. The number of urea groups is 1. The van der Waals surface area contributed by atoms with Crippen molar-refractivity contribution >= 4 is 31.8 Å². The summed E-state index contributed by atoms with van der Waals surface area (Å²) in [5, 5.41) is 1.64. The van der Waals surface area contributed by atoms with Crippen molar-refractivity contribution in [2.75, 3.05) is 39.3 Å². The Morgan fingerprint density at radius 1 is 0.837 bits per heavy atom. The fourth-order valence-corrected chi connectivity index (χ4v) is 8.47. The number of hydrogen-bond acceptors (Lipinski definition) is 5. The molecule has 49 heavy (non-hydrogen) atoms. The minimum atomic E-state index is -6.18. The first-order valence-electron chi connectivity index (χ1n) is 14.6. The van der Waals surface area contributed by atoms with Gasteiger partial charge in [-0.25, -0.2) is 26.4 Å². The summed E-state index contributed by atoms with van der Waals surface area (Å²) in [6.07, 6.45) is -12.4. The van der Waals surface area contributed by atoms with E-state index in [-0.39, 0.29) is 28.0 Å². The van der Waals surface area contributed by atoms with E-state index in [1.807, 2.05) is 0 Å². The van der Waals surface area contributed by atoms with Crippen LogP contribution < -0.4 is 5.32 Å². The number of alkyl halides is 6. The summed E-state index contributed by atoms with van der Waals surface area (Å²) in [6.45, 7) is -0.808. The number of carbonyl (C=O) groups is 1. The van der Waals surface area contributed by atoms with Crippen molar-refractivity contribution in [2.45, 2.75) is 40.6 Å². The molecule has 2 fully saturated rings. The van der Waals surface area contributed by atoms with Crippen LogP contribution in [0.2, 0.25) is 0 Å². The van der Waals surface area contributed by atoms with E-state index < -0.39 is 80.2 Å². The smallest absolute Gasteiger partial charge is 0.349 e. The van der Waals surface area contributed by atoms with Crippen molar-refractivity contribution < 1.29 is 57.5 Å². The molecule has 2 aliphatic heterocycles. The van der Waals surface area contributed by atoms with Crippen LogP contribution in [0.25, 0.3) is 0 Å². The molecule has 0 spiro atoms. The number of hydrogen-bond donors (Lipinski definition) is 1.